The molecule has 114 valence electrons. The van der Waals surface area contributed by atoms with Crippen LogP contribution in [-0.2, 0) is 10.9 Å². The monoisotopic (exact) mass is 289 g/mol. The number of nitrogens with two attached hydrogens (primary N) is 1. The average Bonchev–Trinajstić information content (AvgIpc) is 2.32. The highest BCUT2D eigenvalue weighted by atomic mass is 19.4. The van der Waals surface area contributed by atoms with Gasteiger partial charge in [-0.3, -0.25) is 0 Å². The molecule has 1 aromatic carbocycles. The molecule has 5 heteroatoms. The van der Waals surface area contributed by atoms with Crippen molar-refractivity contribution in [2.75, 3.05) is 13.2 Å². The Bertz CT molecular complexity index is 424. The maximum absolute atomic E-state index is 12.6. The van der Waals surface area contributed by atoms with Crippen LogP contribution in [0, 0.1) is 5.41 Å². The van der Waals surface area contributed by atoms with E-state index in [4.69, 9.17) is 10.5 Å². The van der Waals surface area contributed by atoms with E-state index in [0.717, 1.165) is 18.6 Å². The predicted molar refractivity (Wildman–Crippen MR) is 73.3 cm³/mol. The first-order chi connectivity index (χ1) is 9.09. The summed E-state index contributed by atoms with van der Waals surface area (Å²) in [6.45, 7) is 7.07. The SMILES string of the molecule is CC(C)(C)CCOCC(N)c1cccc(C(F)(F)F)c1. The van der Waals surface area contributed by atoms with Crippen molar-refractivity contribution in [2.45, 2.75) is 39.4 Å². The highest BCUT2D eigenvalue weighted by Gasteiger charge is 2.30. The van der Waals surface area contributed by atoms with Gasteiger partial charge in [0.1, 0.15) is 0 Å². The van der Waals surface area contributed by atoms with E-state index in [-0.39, 0.29) is 12.0 Å². The van der Waals surface area contributed by atoms with Crippen LogP contribution in [0.3, 0.4) is 0 Å². The maximum atomic E-state index is 12.6. The average molecular weight is 289 g/mol. The molecule has 0 aliphatic heterocycles. The zero-order chi connectivity index (χ0) is 15.4. The van der Waals surface area contributed by atoms with Gasteiger partial charge in [0.25, 0.3) is 0 Å². The first kappa shape index (κ1) is 17.0. The van der Waals surface area contributed by atoms with Crippen molar-refractivity contribution in [3.05, 3.63) is 35.4 Å². The van der Waals surface area contributed by atoms with E-state index in [9.17, 15) is 13.2 Å². The molecule has 0 heterocycles. The first-order valence-corrected chi connectivity index (χ1v) is 6.60. The van der Waals surface area contributed by atoms with Crippen molar-refractivity contribution >= 4 is 0 Å². The predicted octanol–water partition coefficient (Wildman–Crippen LogP) is 4.16. The molecule has 20 heavy (non-hydrogen) atoms. The van der Waals surface area contributed by atoms with E-state index in [1.54, 1.807) is 6.07 Å². The molecule has 0 aliphatic carbocycles. The van der Waals surface area contributed by atoms with Gasteiger partial charge >= 0.3 is 6.18 Å². The molecule has 0 bridgehead atoms. The molecule has 0 spiro atoms. The quantitative estimate of drug-likeness (QED) is 0.826. The summed E-state index contributed by atoms with van der Waals surface area (Å²) in [5.74, 6) is 0. The Labute approximate surface area is 118 Å². The Morgan fingerprint density at radius 2 is 1.85 bits per heavy atom. The number of hydrogen-bond donors (Lipinski definition) is 1. The van der Waals surface area contributed by atoms with Crippen LogP contribution in [0.15, 0.2) is 24.3 Å². The molecular weight excluding hydrogens is 267 g/mol. The summed E-state index contributed by atoms with van der Waals surface area (Å²) >= 11 is 0. The Morgan fingerprint density at radius 1 is 1.20 bits per heavy atom. The minimum absolute atomic E-state index is 0.167. The lowest BCUT2D eigenvalue weighted by Gasteiger charge is -2.19. The van der Waals surface area contributed by atoms with Crippen LogP contribution >= 0.6 is 0 Å². The number of halogens is 3. The highest BCUT2D eigenvalue weighted by Crippen LogP contribution is 2.30. The zero-order valence-electron chi connectivity index (χ0n) is 12.1. The minimum Gasteiger partial charge on any atom is -0.379 e. The van der Waals surface area contributed by atoms with Gasteiger partial charge in [0.15, 0.2) is 0 Å². The smallest absolute Gasteiger partial charge is 0.379 e. The molecule has 1 unspecified atom stereocenters. The van der Waals surface area contributed by atoms with Gasteiger partial charge in [0, 0.05) is 6.61 Å². The lowest BCUT2D eigenvalue weighted by atomic mass is 9.93. The summed E-state index contributed by atoms with van der Waals surface area (Å²) in [5, 5.41) is 0. The molecule has 2 N–H and O–H groups in total. The fourth-order valence-corrected chi connectivity index (χ4v) is 1.63. The van der Waals surface area contributed by atoms with Gasteiger partial charge in [-0.1, -0.05) is 32.9 Å². The number of hydrogen-bond acceptors (Lipinski definition) is 2. The highest BCUT2D eigenvalue weighted by molar-refractivity contribution is 5.27. The summed E-state index contributed by atoms with van der Waals surface area (Å²) in [6, 6.07) is 4.53. The van der Waals surface area contributed by atoms with Crippen molar-refractivity contribution < 1.29 is 17.9 Å². The third-order valence-corrected chi connectivity index (χ3v) is 2.94. The molecule has 1 rings (SSSR count). The Hall–Kier alpha value is -1.07. The number of rotatable bonds is 5. The second-order valence-electron chi connectivity index (χ2n) is 6.12. The molecule has 0 radical (unpaired) electrons. The van der Waals surface area contributed by atoms with Crippen LogP contribution < -0.4 is 5.73 Å². The Kier molecular flexibility index (Phi) is 5.59. The maximum Gasteiger partial charge on any atom is 0.416 e. The largest absolute Gasteiger partial charge is 0.416 e. The number of ether oxygens (including phenoxy) is 1. The van der Waals surface area contributed by atoms with Gasteiger partial charge in [-0.2, -0.15) is 13.2 Å². The third-order valence-electron chi connectivity index (χ3n) is 2.94. The molecule has 2 nitrogen and oxygen atoms in total. The van der Waals surface area contributed by atoms with Crippen LogP contribution in [0.2, 0.25) is 0 Å². The van der Waals surface area contributed by atoms with Gasteiger partial charge in [0.2, 0.25) is 0 Å². The molecule has 0 fully saturated rings. The lowest BCUT2D eigenvalue weighted by molar-refractivity contribution is -0.137. The van der Waals surface area contributed by atoms with E-state index in [2.05, 4.69) is 20.8 Å². The van der Waals surface area contributed by atoms with Gasteiger partial charge in [-0.15, -0.1) is 0 Å². The van der Waals surface area contributed by atoms with Crippen molar-refractivity contribution in [2.24, 2.45) is 11.1 Å². The van der Waals surface area contributed by atoms with Gasteiger partial charge in [-0.05, 0) is 29.5 Å². The van der Waals surface area contributed by atoms with Crippen molar-refractivity contribution in [3.8, 4) is 0 Å². The Morgan fingerprint density at radius 3 is 2.40 bits per heavy atom. The summed E-state index contributed by atoms with van der Waals surface area (Å²) < 4.78 is 43.2. The van der Waals surface area contributed by atoms with Crippen LogP contribution in [0.25, 0.3) is 0 Å². The third kappa shape index (κ3) is 5.92. The van der Waals surface area contributed by atoms with Gasteiger partial charge in [0.05, 0.1) is 18.2 Å². The molecule has 0 amide bonds. The fraction of sp³-hybridized carbons (Fsp3) is 0.600. The van der Waals surface area contributed by atoms with E-state index in [1.165, 1.54) is 6.07 Å². The van der Waals surface area contributed by atoms with E-state index in [0.29, 0.717) is 12.2 Å². The topological polar surface area (TPSA) is 35.2 Å². The summed E-state index contributed by atoms with van der Waals surface area (Å²) in [7, 11) is 0. The molecule has 0 aromatic heterocycles. The minimum atomic E-state index is -4.34. The standard InChI is InChI=1S/C15H22F3NO/c1-14(2,3)7-8-20-10-13(19)11-5-4-6-12(9-11)15(16,17)18/h4-6,9,13H,7-8,10,19H2,1-3H3. The van der Waals surface area contributed by atoms with Crippen LogP contribution in [0.4, 0.5) is 13.2 Å². The summed E-state index contributed by atoms with van der Waals surface area (Å²) in [6.07, 6.45) is -3.47. The second-order valence-corrected chi connectivity index (χ2v) is 6.12. The van der Waals surface area contributed by atoms with Crippen LogP contribution in [0.5, 0.6) is 0 Å². The normalized spacial score (nSPS) is 14.3. The van der Waals surface area contributed by atoms with Crippen molar-refractivity contribution in [3.63, 3.8) is 0 Å². The molecule has 1 atom stereocenters. The van der Waals surface area contributed by atoms with E-state index < -0.39 is 17.8 Å². The van der Waals surface area contributed by atoms with Crippen LogP contribution in [-0.4, -0.2) is 13.2 Å². The molecule has 0 aliphatic rings. The number of alkyl halides is 3. The zero-order valence-corrected chi connectivity index (χ0v) is 12.1. The first-order valence-electron chi connectivity index (χ1n) is 6.60. The van der Waals surface area contributed by atoms with Crippen molar-refractivity contribution in [1.29, 1.82) is 0 Å². The second kappa shape index (κ2) is 6.59. The molecule has 0 saturated heterocycles. The molecule has 0 saturated carbocycles. The van der Waals surface area contributed by atoms with Crippen LogP contribution in [0.1, 0.15) is 44.4 Å². The molecular formula is C15H22F3NO. The number of benzene rings is 1. The molecule has 1 aromatic rings. The van der Waals surface area contributed by atoms with E-state index >= 15 is 0 Å². The summed E-state index contributed by atoms with van der Waals surface area (Å²) in [4.78, 5) is 0. The lowest BCUT2D eigenvalue weighted by Crippen LogP contribution is -2.19. The summed E-state index contributed by atoms with van der Waals surface area (Å²) in [5.41, 5.74) is 5.79. The van der Waals surface area contributed by atoms with Crippen molar-refractivity contribution in [1.82, 2.24) is 0 Å². The van der Waals surface area contributed by atoms with E-state index in [1.807, 2.05) is 0 Å². The fourth-order valence-electron chi connectivity index (χ4n) is 1.63. The van der Waals surface area contributed by atoms with Gasteiger partial charge in [-0.25, -0.2) is 0 Å². The van der Waals surface area contributed by atoms with Gasteiger partial charge < -0.3 is 10.5 Å². The Balaban J connectivity index is 2.54.